The van der Waals surface area contributed by atoms with Gasteiger partial charge in [0.2, 0.25) is 0 Å². The number of hydrogen-bond donors (Lipinski definition) is 2. The van der Waals surface area contributed by atoms with E-state index in [4.69, 9.17) is 14.6 Å². The average Bonchev–Trinajstić information content (AvgIpc) is 1.96. The Hall–Kier alpha value is -0.160. The van der Waals surface area contributed by atoms with Crippen molar-refractivity contribution >= 4 is 0 Å². The lowest BCUT2D eigenvalue weighted by molar-refractivity contribution is 0.0638. The third-order valence-electron chi connectivity index (χ3n) is 1.12. The molecule has 4 heteroatoms. The molecule has 0 saturated heterocycles. The van der Waals surface area contributed by atoms with Gasteiger partial charge in [-0.1, -0.05) is 0 Å². The largest absolute Gasteiger partial charge is 0.382 e. The fourth-order valence-corrected chi connectivity index (χ4v) is 0.584. The van der Waals surface area contributed by atoms with Crippen molar-refractivity contribution in [2.24, 2.45) is 0 Å². The molecule has 0 aromatic carbocycles. The van der Waals surface area contributed by atoms with Crippen molar-refractivity contribution in [2.45, 2.75) is 13.2 Å². The Morgan fingerprint density at radius 2 is 2.09 bits per heavy atom. The molecule has 0 aliphatic heterocycles. The van der Waals surface area contributed by atoms with Crippen LogP contribution in [-0.4, -0.2) is 44.8 Å². The predicted molar refractivity (Wildman–Crippen MR) is 42.4 cm³/mol. The maximum atomic E-state index is 8.76. The molecule has 1 atom stereocenters. The van der Waals surface area contributed by atoms with Crippen LogP contribution in [0.4, 0.5) is 0 Å². The zero-order valence-corrected chi connectivity index (χ0v) is 7.17. The predicted octanol–water partition coefficient (Wildman–Crippen LogP) is -0.423. The van der Waals surface area contributed by atoms with E-state index in [1.165, 1.54) is 0 Å². The second kappa shape index (κ2) is 7.94. The topological polar surface area (TPSA) is 50.7 Å². The lowest BCUT2D eigenvalue weighted by Gasteiger charge is -2.07. The van der Waals surface area contributed by atoms with Gasteiger partial charge in [0.25, 0.3) is 0 Å². The van der Waals surface area contributed by atoms with Gasteiger partial charge < -0.3 is 14.6 Å². The molecule has 0 radical (unpaired) electrons. The molecule has 11 heavy (non-hydrogen) atoms. The average molecular weight is 163 g/mol. The van der Waals surface area contributed by atoms with Gasteiger partial charge in [0.15, 0.2) is 0 Å². The highest BCUT2D eigenvalue weighted by atomic mass is 16.5. The minimum atomic E-state index is -0.457. The standard InChI is InChI=1S/C7H17NO3/c1-7(9)8-3-4-11-6-5-10-2/h7-9H,3-6H2,1-2H3. The molecule has 0 bridgehead atoms. The summed E-state index contributed by atoms with van der Waals surface area (Å²) < 4.78 is 9.90. The fourth-order valence-electron chi connectivity index (χ4n) is 0.584. The Balaban J connectivity index is 2.80. The number of hydrogen-bond acceptors (Lipinski definition) is 4. The molecular weight excluding hydrogens is 146 g/mol. The smallest absolute Gasteiger partial charge is 0.102 e. The van der Waals surface area contributed by atoms with Crippen LogP contribution in [0.3, 0.4) is 0 Å². The summed E-state index contributed by atoms with van der Waals surface area (Å²) in [6.45, 7) is 4.18. The summed E-state index contributed by atoms with van der Waals surface area (Å²) in [4.78, 5) is 0. The van der Waals surface area contributed by atoms with Crippen LogP contribution in [0.2, 0.25) is 0 Å². The van der Waals surface area contributed by atoms with Crippen molar-refractivity contribution in [3.63, 3.8) is 0 Å². The van der Waals surface area contributed by atoms with E-state index in [-0.39, 0.29) is 0 Å². The van der Waals surface area contributed by atoms with Crippen molar-refractivity contribution in [3.05, 3.63) is 0 Å². The second-order valence-corrected chi connectivity index (χ2v) is 2.24. The van der Waals surface area contributed by atoms with E-state index in [9.17, 15) is 0 Å². The van der Waals surface area contributed by atoms with Gasteiger partial charge in [0, 0.05) is 13.7 Å². The molecule has 68 valence electrons. The summed E-state index contributed by atoms with van der Waals surface area (Å²) >= 11 is 0. The van der Waals surface area contributed by atoms with Crippen molar-refractivity contribution in [2.75, 3.05) is 33.5 Å². The maximum Gasteiger partial charge on any atom is 0.102 e. The summed E-state index contributed by atoms with van der Waals surface area (Å²) in [6.07, 6.45) is -0.457. The quantitative estimate of drug-likeness (QED) is 0.395. The van der Waals surface area contributed by atoms with Crippen LogP contribution >= 0.6 is 0 Å². The van der Waals surface area contributed by atoms with Gasteiger partial charge in [0.05, 0.1) is 19.8 Å². The molecule has 0 aliphatic carbocycles. The van der Waals surface area contributed by atoms with Gasteiger partial charge in [-0.25, -0.2) is 0 Å². The molecule has 0 saturated carbocycles. The lowest BCUT2D eigenvalue weighted by atomic mass is 10.6. The van der Waals surface area contributed by atoms with Crippen LogP contribution in [0.15, 0.2) is 0 Å². The summed E-state index contributed by atoms with van der Waals surface area (Å²) in [5.41, 5.74) is 0. The zero-order valence-electron chi connectivity index (χ0n) is 7.17. The van der Waals surface area contributed by atoms with Crippen molar-refractivity contribution in [1.29, 1.82) is 0 Å². The zero-order chi connectivity index (χ0) is 8.53. The van der Waals surface area contributed by atoms with E-state index >= 15 is 0 Å². The Bertz CT molecular complexity index is 78.1. The third kappa shape index (κ3) is 9.84. The molecule has 1 unspecified atom stereocenters. The van der Waals surface area contributed by atoms with Crippen molar-refractivity contribution in [3.8, 4) is 0 Å². The number of aliphatic hydroxyl groups is 1. The van der Waals surface area contributed by atoms with Gasteiger partial charge in [-0.15, -0.1) is 0 Å². The molecule has 0 heterocycles. The van der Waals surface area contributed by atoms with Gasteiger partial charge >= 0.3 is 0 Å². The Morgan fingerprint density at radius 1 is 1.36 bits per heavy atom. The molecule has 2 N–H and O–H groups in total. The summed E-state index contributed by atoms with van der Waals surface area (Å²) in [7, 11) is 1.64. The van der Waals surface area contributed by atoms with Crippen LogP contribution in [0, 0.1) is 0 Å². The SMILES string of the molecule is COCCOCCNC(C)O. The summed E-state index contributed by atoms with van der Waals surface area (Å²) in [5.74, 6) is 0. The molecule has 4 nitrogen and oxygen atoms in total. The van der Waals surface area contributed by atoms with Crippen LogP contribution in [0.1, 0.15) is 6.92 Å². The molecule has 0 aromatic rings. The van der Waals surface area contributed by atoms with Crippen LogP contribution in [0.25, 0.3) is 0 Å². The van der Waals surface area contributed by atoms with E-state index in [2.05, 4.69) is 5.32 Å². The fraction of sp³-hybridized carbons (Fsp3) is 1.00. The normalized spacial score (nSPS) is 13.4. The highest BCUT2D eigenvalue weighted by Crippen LogP contribution is 1.76. The maximum absolute atomic E-state index is 8.76. The van der Waals surface area contributed by atoms with E-state index in [0.29, 0.717) is 26.4 Å². The minimum absolute atomic E-state index is 0.457. The van der Waals surface area contributed by atoms with E-state index in [1.54, 1.807) is 14.0 Å². The number of aliphatic hydroxyl groups excluding tert-OH is 1. The number of ether oxygens (including phenoxy) is 2. The number of rotatable bonds is 7. The minimum Gasteiger partial charge on any atom is -0.382 e. The molecule has 0 rings (SSSR count). The lowest BCUT2D eigenvalue weighted by Crippen LogP contribution is -2.29. The molecule has 0 fully saturated rings. The number of nitrogens with one attached hydrogen (secondary N) is 1. The summed E-state index contributed by atoms with van der Waals surface area (Å²) in [6, 6.07) is 0. The van der Waals surface area contributed by atoms with Crippen LogP contribution in [0.5, 0.6) is 0 Å². The van der Waals surface area contributed by atoms with Gasteiger partial charge in [0.1, 0.15) is 6.23 Å². The monoisotopic (exact) mass is 163 g/mol. The van der Waals surface area contributed by atoms with Crippen LogP contribution in [-0.2, 0) is 9.47 Å². The molecule has 0 spiro atoms. The summed E-state index contributed by atoms with van der Waals surface area (Å²) in [5, 5.41) is 11.6. The second-order valence-electron chi connectivity index (χ2n) is 2.24. The highest BCUT2D eigenvalue weighted by molar-refractivity contribution is 4.44. The van der Waals surface area contributed by atoms with Crippen molar-refractivity contribution < 1.29 is 14.6 Å². The van der Waals surface area contributed by atoms with Crippen molar-refractivity contribution in [1.82, 2.24) is 5.32 Å². The third-order valence-corrected chi connectivity index (χ3v) is 1.12. The highest BCUT2D eigenvalue weighted by Gasteiger charge is 1.91. The molecule has 0 aromatic heterocycles. The molecule has 0 amide bonds. The van der Waals surface area contributed by atoms with Gasteiger partial charge in [-0.05, 0) is 6.92 Å². The Morgan fingerprint density at radius 3 is 2.64 bits per heavy atom. The first-order chi connectivity index (χ1) is 5.27. The molecular formula is C7H17NO3. The van der Waals surface area contributed by atoms with Gasteiger partial charge in [-0.2, -0.15) is 0 Å². The van der Waals surface area contributed by atoms with E-state index in [0.717, 1.165) is 0 Å². The van der Waals surface area contributed by atoms with E-state index in [1.807, 2.05) is 0 Å². The number of methoxy groups -OCH3 is 1. The first-order valence-corrected chi connectivity index (χ1v) is 3.75. The first-order valence-electron chi connectivity index (χ1n) is 3.75. The Kier molecular flexibility index (Phi) is 7.83. The van der Waals surface area contributed by atoms with E-state index < -0.39 is 6.23 Å². The Labute approximate surface area is 67.5 Å². The van der Waals surface area contributed by atoms with Crippen LogP contribution < -0.4 is 5.32 Å². The van der Waals surface area contributed by atoms with Gasteiger partial charge in [-0.3, -0.25) is 5.32 Å². The molecule has 0 aliphatic rings. The first kappa shape index (κ1) is 10.8.